The number of halogens is 1. The molecule has 7 nitrogen and oxygen atoms in total. The molecule has 1 fully saturated rings. The summed E-state index contributed by atoms with van der Waals surface area (Å²) in [5.41, 5.74) is 4.10. The fraction of sp³-hybridized carbons (Fsp3) is 0.176. The van der Waals surface area contributed by atoms with Crippen LogP contribution in [-0.2, 0) is 16.0 Å². The number of alkyl halides is 1. The van der Waals surface area contributed by atoms with Crippen LogP contribution in [0.2, 0.25) is 0 Å². The predicted molar refractivity (Wildman–Crippen MR) is 91.6 cm³/mol. The summed E-state index contributed by atoms with van der Waals surface area (Å²) >= 11 is 6.08. The zero-order chi connectivity index (χ0) is 18.0. The molecule has 0 aliphatic carbocycles. The van der Waals surface area contributed by atoms with Gasteiger partial charge in [0.05, 0.1) is 12.1 Å². The second-order valence-electron chi connectivity index (χ2n) is 5.62. The van der Waals surface area contributed by atoms with Crippen molar-refractivity contribution in [3.8, 4) is 0 Å². The number of carbonyl (C=O) groups is 2. The molecule has 1 saturated heterocycles. The number of carbonyl (C=O) groups excluding carboxylic acids is 2. The van der Waals surface area contributed by atoms with Crippen LogP contribution in [0.3, 0.4) is 0 Å². The quantitative estimate of drug-likeness (QED) is 0.484. The fourth-order valence-corrected chi connectivity index (χ4v) is 3.01. The van der Waals surface area contributed by atoms with Crippen molar-refractivity contribution in [2.24, 2.45) is 0 Å². The highest BCUT2D eigenvalue weighted by Gasteiger charge is 2.48. The summed E-state index contributed by atoms with van der Waals surface area (Å²) in [7, 11) is 0. The summed E-state index contributed by atoms with van der Waals surface area (Å²) < 4.78 is 0. The van der Waals surface area contributed by atoms with Crippen molar-refractivity contribution < 1.29 is 14.8 Å². The van der Waals surface area contributed by atoms with Gasteiger partial charge in [0.25, 0.3) is 5.91 Å². The number of nitrogens with zero attached hydrogens (tertiary/aromatic N) is 2. The lowest BCUT2D eigenvalue weighted by molar-refractivity contribution is -0.156. The highest BCUT2D eigenvalue weighted by atomic mass is 35.5. The van der Waals surface area contributed by atoms with Gasteiger partial charge in [-0.3, -0.25) is 20.2 Å². The number of hydrogen-bond donors (Lipinski definition) is 2. The molecule has 0 radical (unpaired) electrons. The summed E-state index contributed by atoms with van der Waals surface area (Å²) in [5, 5.41) is 19.8. The van der Waals surface area contributed by atoms with E-state index in [-0.39, 0.29) is 23.2 Å². The molecular formula is C17H15ClN3O4-. The molecule has 1 aliphatic heterocycles. The first-order chi connectivity index (χ1) is 12.0. The minimum absolute atomic E-state index is 0.0557. The van der Waals surface area contributed by atoms with Crippen LogP contribution in [0.4, 0.5) is 5.69 Å². The monoisotopic (exact) mass is 360 g/mol. The topological polar surface area (TPSA) is 95.9 Å². The van der Waals surface area contributed by atoms with E-state index in [4.69, 9.17) is 16.8 Å². The second kappa shape index (κ2) is 7.10. The number of hydrazine groups is 1. The molecule has 2 N–H and O–H groups in total. The molecule has 0 saturated carbocycles. The molecule has 8 heteroatoms. The lowest BCUT2D eigenvalue weighted by atomic mass is 9.95. The number of β-lactam (4-membered cyclic amide) rings is 1. The Morgan fingerprint density at radius 3 is 2.44 bits per heavy atom. The molecule has 2 unspecified atom stereocenters. The third-order valence-corrected chi connectivity index (χ3v) is 4.36. The van der Waals surface area contributed by atoms with Crippen molar-refractivity contribution in [2.75, 3.05) is 5.23 Å². The van der Waals surface area contributed by atoms with Crippen molar-refractivity contribution in [3.05, 3.63) is 70.9 Å². The number of anilines is 1. The van der Waals surface area contributed by atoms with Gasteiger partial charge in [0, 0.05) is 0 Å². The summed E-state index contributed by atoms with van der Waals surface area (Å²) in [6.07, 6.45) is 0.138. The van der Waals surface area contributed by atoms with E-state index in [1.54, 1.807) is 12.1 Å². The van der Waals surface area contributed by atoms with Gasteiger partial charge < -0.3 is 10.4 Å². The van der Waals surface area contributed by atoms with Crippen molar-refractivity contribution in [2.45, 2.75) is 17.8 Å². The molecule has 130 valence electrons. The van der Waals surface area contributed by atoms with Gasteiger partial charge in [0.1, 0.15) is 11.4 Å². The van der Waals surface area contributed by atoms with Crippen LogP contribution in [0.5, 0.6) is 0 Å². The summed E-state index contributed by atoms with van der Waals surface area (Å²) in [6.45, 7) is 0. The standard InChI is InChI=1S/C17H15ClN3O4/c18-15-16(12-6-8-13(9-7-12)21(24)25)20(17(15)23)19-14(22)10-11-4-2-1-3-5-11/h1-9,15-16,24H,10H2,(H,19,22)/q-1. The lowest BCUT2D eigenvalue weighted by Crippen LogP contribution is -2.63. The van der Waals surface area contributed by atoms with E-state index in [2.05, 4.69) is 5.43 Å². The first-order valence-electron chi connectivity index (χ1n) is 7.54. The Morgan fingerprint density at radius 2 is 1.84 bits per heavy atom. The molecule has 0 aromatic heterocycles. The van der Waals surface area contributed by atoms with Crippen LogP contribution < -0.4 is 10.7 Å². The van der Waals surface area contributed by atoms with Crippen LogP contribution in [0.25, 0.3) is 0 Å². The molecule has 3 rings (SSSR count). The molecule has 0 spiro atoms. The zero-order valence-corrected chi connectivity index (χ0v) is 13.8. The van der Waals surface area contributed by atoms with Gasteiger partial charge in [0.2, 0.25) is 5.91 Å². The fourth-order valence-electron chi connectivity index (χ4n) is 2.65. The molecule has 0 bridgehead atoms. The Morgan fingerprint density at radius 1 is 1.20 bits per heavy atom. The van der Waals surface area contributed by atoms with Crippen LogP contribution >= 0.6 is 11.6 Å². The van der Waals surface area contributed by atoms with Gasteiger partial charge in [-0.05, 0) is 23.3 Å². The van der Waals surface area contributed by atoms with E-state index >= 15 is 0 Å². The second-order valence-corrected chi connectivity index (χ2v) is 6.09. The maximum absolute atomic E-state index is 12.2. The number of benzene rings is 2. The van der Waals surface area contributed by atoms with E-state index in [1.165, 1.54) is 17.1 Å². The van der Waals surface area contributed by atoms with Crippen molar-refractivity contribution in [1.82, 2.24) is 10.4 Å². The number of nitrogens with one attached hydrogen (secondary N) is 1. The third-order valence-electron chi connectivity index (χ3n) is 3.94. The summed E-state index contributed by atoms with van der Waals surface area (Å²) in [6, 6.07) is 14.6. The minimum atomic E-state index is -0.805. The maximum Gasteiger partial charge on any atom is 0.262 e. The van der Waals surface area contributed by atoms with Crippen molar-refractivity contribution in [3.63, 3.8) is 0 Å². The van der Waals surface area contributed by atoms with Gasteiger partial charge in [0.15, 0.2) is 0 Å². The average molecular weight is 361 g/mol. The Labute approximate surface area is 148 Å². The van der Waals surface area contributed by atoms with E-state index in [1.807, 2.05) is 30.3 Å². The highest BCUT2D eigenvalue weighted by molar-refractivity contribution is 6.33. The van der Waals surface area contributed by atoms with Crippen LogP contribution in [-0.4, -0.2) is 27.4 Å². The third kappa shape index (κ3) is 3.58. The molecular weight excluding hydrogens is 346 g/mol. The molecule has 1 aliphatic rings. The van der Waals surface area contributed by atoms with Gasteiger partial charge >= 0.3 is 0 Å². The number of hydrogen-bond acceptors (Lipinski definition) is 5. The van der Waals surface area contributed by atoms with E-state index < -0.39 is 17.3 Å². The van der Waals surface area contributed by atoms with Crippen LogP contribution in [0.15, 0.2) is 54.6 Å². The van der Waals surface area contributed by atoms with E-state index in [9.17, 15) is 14.8 Å². The Balaban J connectivity index is 1.69. The van der Waals surface area contributed by atoms with Gasteiger partial charge in [-0.25, -0.2) is 5.01 Å². The van der Waals surface area contributed by atoms with E-state index in [0.29, 0.717) is 5.56 Å². The molecule has 2 atom stereocenters. The summed E-state index contributed by atoms with van der Waals surface area (Å²) in [5.74, 6) is -0.726. The molecule has 2 aromatic rings. The van der Waals surface area contributed by atoms with Gasteiger partial charge in [-0.15, -0.1) is 11.6 Å². The summed E-state index contributed by atoms with van der Waals surface area (Å²) in [4.78, 5) is 24.1. The maximum atomic E-state index is 12.2. The normalized spacial score (nSPS) is 19.3. The Bertz CT molecular complexity index is 767. The first-order valence-corrected chi connectivity index (χ1v) is 7.97. The lowest BCUT2D eigenvalue weighted by Gasteiger charge is -2.44. The SMILES string of the molecule is O=C(Cc1ccccc1)NN1C(=O)C(Cl)C1c1ccc(N([O-])O)cc1. The number of rotatable bonds is 5. The molecule has 25 heavy (non-hydrogen) atoms. The number of amides is 2. The predicted octanol–water partition coefficient (Wildman–Crippen LogP) is 2.14. The average Bonchev–Trinajstić information content (AvgIpc) is 2.62. The largest absolute Gasteiger partial charge is 0.733 e. The molecule has 1 heterocycles. The van der Waals surface area contributed by atoms with Crippen molar-refractivity contribution in [1.29, 1.82) is 0 Å². The molecule has 2 amide bonds. The smallest absolute Gasteiger partial charge is 0.262 e. The van der Waals surface area contributed by atoms with E-state index in [0.717, 1.165) is 5.56 Å². The van der Waals surface area contributed by atoms with Crippen LogP contribution in [0, 0.1) is 5.21 Å². The van der Waals surface area contributed by atoms with Crippen molar-refractivity contribution >= 4 is 29.1 Å². The van der Waals surface area contributed by atoms with Gasteiger partial charge in [-0.1, -0.05) is 42.5 Å². The van der Waals surface area contributed by atoms with Crippen LogP contribution in [0.1, 0.15) is 17.2 Å². The Kier molecular flexibility index (Phi) is 4.89. The Hall–Kier alpha value is -2.61. The highest BCUT2D eigenvalue weighted by Crippen LogP contribution is 2.37. The molecule has 2 aromatic carbocycles. The van der Waals surface area contributed by atoms with Gasteiger partial charge in [-0.2, -0.15) is 0 Å². The minimum Gasteiger partial charge on any atom is -0.733 e. The zero-order valence-electron chi connectivity index (χ0n) is 13.0. The first kappa shape index (κ1) is 17.2.